The summed E-state index contributed by atoms with van der Waals surface area (Å²) in [5.41, 5.74) is 10.6. The van der Waals surface area contributed by atoms with Gasteiger partial charge in [0.2, 0.25) is 0 Å². The van der Waals surface area contributed by atoms with Crippen molar-refractivity contribution in [3.05, 3.63) is 33.3 Å². The number of aryl methyl sites for hydroxylation is 4. The van der Waals surface area contributed by atoms with Crippen molar-refractivity contribution in [1.29, 1.82) is 0 Å². The first-order valence-electron chi connectivity index (χ1n) is 6.40. The van der Waals surface area contributed by atoms with E-state index in [1.165, 1.54) is 0 Å². The third-order valence-electron chi connectivity index (χ3n) is 3.37. The first-order valence-corrected chi connectivity index (χ1v) is 7.19. The number of hydrogen-bond donors (Lipinski definition) is 1. The summed E-state index contributed by atoms with van der Waals surface area (Å²) in [6, 6.07) is -0.0647. The van der Waals surface area contributed by atoms with Crippen LogP contribution < -0.4 is 5.73 Å². The lowest BCUT2D eigenvalue weighted by molar-refractivity contribution is 0.634. The molecule has 0 saturated heterocycles. The molecule has 19 heavy (non-hydrogen) atoms. The summed E-state index contributed by atoms with van der Waals surface area (Å²) in [7, 11) is 3.88. The highest BCUT2D eigenvalue weighted by Crippen LogP contribution is 2.26. The Hall–Kier alpha value is -1.14. The van der Waals surface area contributed by atoms with Crippen LogP contribution in [-0.4, -0.2) is 19.6 Å². The molecule has 0 spiro atoms. The van der Waals surface area contributed by atoms with Gasteiger partial charge in [0.15, 0.2) is 0 Å². The van der Waals surface area contributed by atoms with Crippen LogP contribution in [0.1, 0.15) is 35.6 Å². The molecule has 0 radical (unpaired) electrons. The summed E-state index contributed by atoms with van der Waals surface area (Å²) < 4.78 is 4.80. The number of nitrogens with zero attached hydrogens (tertiary/aromatic N) is 4. The number of rotatable bonds is 4. The van der Waals surface area contributed by atoms with Crippen LogP contribution >= 0.6 is 15.9 Å². The van der Waals surface area contributed by atoms with Crippen LogP contribution in [0.15, 0.2) is 10.7 Å². The van der Waals surface area contributed by atoms with Crippen molar-refractivity contribution in [1.82, 2.24) is 19.6 Å². The average Bonchev–Trinajstić information content (AvgIpc) is 2.82. The molecule has 0 aliphatic rings. The number of nitrogens with two attached hydrogens (primary N) is 1. The van der Waals surface area contributed by atoms with E-state index in [0.717, 1.165) is 40.0 Å². The molecule has 2 N–H and O–H groups in total. The molecule has 2 heterocycles. The normalized spacial score (nSPS) is 12.9. The van der Waals surface area contributed by atoms with Crippen LogP contribution in [0.2, 0.25) is 0 Å². The maximum Gasteiger partial charge on any atom is 0.0766 e. The minimum Gasteiger partial charge on any atom is -0.324 e. The average molecular weight is 326 g/mol. The molecule has 5 nitrogen and oxygen atoms in total. The number of aromatic nitrogens is 4. The Morgan fingerprint density at radius 3 is 2.53 bits per heavy atom. The highest BCUT2D eigenvalue weighted by atomic mass is 79.9. The van der Waals surface area contributed by atoms with Crippen molar-refractivity contribution >= 4 is 15.9 Å². The molecule has 2 rings (SSSR count). The van der Waals surface area contributed by atoms with Crippen LogP contribution in [0.25, 0.3) is 0 Å². The molecule has 0 bridgehead atoms. The van der Waals surface area contributed by atoms with E-state index in [9.17, 15) is 0 Å². The lowest BCUT2D eigenvalue weighted by Gasteiger charge is -2.11. The fourth-order valence-electron chi connectivity index (χ4n) is 2.34. The van der Waals surface area contributed by atoms with E-state index >= 15 is 0 Å². The number of halogens is 1. The zero-order valence-electron chi connectivity index (χ0n) is 11.8. The van der Waals surface area contributed by atoms with E-state index in [1.807, 2.05) is 31.9 Å². The maximum atomic E-state index is 6.31. The fraction of sp³-hybridized carbons (Fsp3) is 0.538. The van der Waals surface area contributed by atoms with E-state index in [1.54, 1.807) is 4.68 Å². The van der Waals surface area contributed by atoms with Crippen molar-refractivity contribution < 1.29 is 0 Å². The molecule has 0 aliphatic carbocycles. The van der Waals surface area contributed by atoms with Gasteiger partial charge in [-0.25, -0.2) is 0 Å². The second-order valence-corrected chi connectivity index (χ2v) is 5.63. The number of hydrogen-bond acceptors (Lipinski definition) is 3. The summed E-state index contributed by atoms with van der Waals surface area (Å²) in [6.07, 6.45) is 3.65. The second kappa shape index (κ2) is 5.46. The Kier molecular flexibility index (Phi) is 4.10. The molecule has 0 amide bonds. The van der Waals surface area contributed by atoms with Gasteiger partial charge in [-0.15, -0.1) is 0 Å². The molecular formula is C13H20BrN5. The molecule has 0 aliphatic heterocycles. The van der Waals surface area contributed by atoms with Crippen LogP contribution in [0, 0.1) is 6.92 Å². The smallest absolute Gasteiger partial charge is 0.0766 e. The molecule has 2 aromatic heterocycles. The molecular weight excluding hydrogens is 306 g/mol. The topological polar surface area (TPSA) is 61.7 Å². The standard InChI is InChI=1S/C13H20BrN5/c1-5-11-13(14)12(19(4)17-11)6-10(15)9-7-18(3)16-8(9)2/h7,10H,5-6,15H2,1-4H3. The molecule has 2 aromatic rings. The van der Waals surface area contributed by atoms with Crippen LogP contribution in [0.3, 0.4) is 0 Å². The Labute approximate surface area is 121 Å². The fourth-order valence-corrected chi connectivity index (χ4v) is 3.12. The zero-order valence-corrected chi connectivity index (χ0v) is 13.4. The Morgan fingerprint density at radius 1 is 1.37 bits per heavy atom. The summed E-state index contributed by atoms with van der Waals surface area (Å²) in [6.45, 7) is 4.09. The Balaban J connectivity index is 2.26. The quantitative estimate of drug-likeness (QED) is 0.935. The third-order valence-corrected chi connectivity index (χ3v) is 4.28. The first-order chi connectivity index (χ1) is 8.93. The first kappa shape index (κ1) is 14.3. The van der Waals surface area contributed by atoms with Gasteiger partial charge in [0.25, 0.3) is 0 Å². The molecule has 1 atom stereocenters. The predicted molar refractivity (Wildman–Crippen MR) is 78.9 cm³/mol. The van der Waals surface area contributed by atoms with Gasteiger partial charge in [-0.1, -0.05) is 6.92 Å². The maximum absolute atomic E-state index is 6.31. The zero-order chi connectivity index (χ0) is 14.2. The van der Waals surface area contributed by atoms with Crippen LogP contribution in [0.4, 0.5) is 0 Å². The minimum atomic E-state index is -0.0647. The molecule has 1 unspecified atom stereocenters. The molecule has 0 fully saturated rings. The van der Waals surface area contributed by atoms with Crippen molar-refractivity contribution in [2.45, 2.75) is 32.7 Å². The molecule has 0 saturated carbocycles. The monoisotopic (exact) mass is 325 g/mol. The van der Waals surface area contributed by atoms with Crippen molar-refractivity contribution in [3.8, 4) is 0 Å². The lowest BCUT2D eigenvalue weighted by Crippen LogP contribution is -2.16. The third kappa shape index (κ3) is 2.74. The van der Waals surface area contributed by atoms with Crippen molar-refractivity contribution in [2.24, 2.45) is 19.8 Å². The summed E-state index contributed by atoms with van der Waals surface area (Å²) in [4.78, 5) is 0. The minimum absolute atomic E-state index is 0.0647. The van der Waals surface area contributed by atoms with E-state index in [4.69, 9.17) is 5.73 Å². The van der Waals surface area contributed by atoms with Gasteiger partial charge in [-0.2, -0.15) is 10.2 Å². The van der Waals surface area contributed by atoms with Crippen molar-refractivity contribution in [2.75, 3.05) is 0 Å². The largest absolute Gasteiger partial charge is 0.324 e. The lowest BCUT2D eigenvalue weighted by atomic mass is 10.0. The van der Waals surface area contributed by atoms with Gasteiger partial charge in [0.1, 0.15) is 0 Å². The molecule has 6 heteroatoms. The molecule has 104 valence electrons. The van der Waals surface area contributed by atoms with Gasteiger partial charge < -0.3 is 5.73 Å². The van der Waals surface area contributed by atoms with Gasteiger partial charge in [-0.05, 0) is 29.3 Å². The van der Waals surface area contributed by atoms with Gasteiger partial charge >= 0.3 is 0 Å². The van der Waals surface area contributed by atoms with Gasteiger partial charge in [-0.3, -0.25) is 9.36 Å². The van der Waals surface area contributed by atoms with Gasteiger partial charge in [0.05, 0.1) is 21.6 Å². The summed E-state index contributed by atoms with van der Waals surface area (Å²) in [5.74, 6) is 0. The SMILES string of the molecule is CCc1nn(C)c(CC(N)c2cn(C)nc2C)c1Br. The predicted octanol–water partition coefficient (Wildman–Crippen LogP) is 2.03. The van der Waals surface area contributed by atoms with E-state index < -0.39 is 0 Å². The van der Waals surface area contributed by atoms with Crippen LogP contribution in [-0.2, 0) is 26.9 Å². The van der Waals surface area contributed by atoms with Crippen LogP contribution in [0.5, 0.6) is 0 Å². The van der Waals surface area contributed by atoms with Gasteiger partial charge in [0, 0.05) is 38.3 Å². The highest BCUT2D eigenvalue weighted by molar-refractivity contribution is 9.10. The van der Waals surface area contributed by atoms with E-state index in [2.05, 4.69) is 33.1 Å². The van der Waals surface area contributed by atoms with E-state index in [0.29, 0.717) is 0 Å². The Bertz CT molecular complexity index is 584. The highest BCUT2D eigenvalue weighted by Gasteiger charge is 2.18. The summed E-state index contributed by atoms with van der Waals surface area (Å²) in [5, 5.41) is 8.84. The summed E-state index contributed by atoms with van der Waals surface area (Å²) >= 11 is 3.63. The second-order valence-electron chi connectivity index (χ2n) is 4.84. The van der Waals surface area contributed by atoms with Crippen molar-refractivity contribution in [3.63, 3.8) is 0 Å². The molecule has 0 aromatic carbocycles. The Morgan fingerprint density at radius 2 is 2.05 bits per heavy atom. The van der Waals surface area contributed by atoms with E-state index in [-0.39, 0.29) is 6.04 Å².